The number of carbonyl (C=O) groups excluding carboxylic acids is 2. The number of para-hydroxylation sites is 2. The molecule has 1 aromatic heterocycles. The van der Waals surface area contributed by atoms with Gasteiger partial charge < -0.3 is 13.9 Å². The van der Waals surface area contributed by atoms with Gasteiger partial charge >= 0.3 is 0 Å². The fourth-order valence-corrected chi connectivity index (χ4v) is 4.31. The van der Waals surface area contributed by atoms with Crippen LogP contribution in [0.5, 0.6) is 11.5 Å². The predicted molar refractivity (Wildman–Crippen MR) is 125 cm³/mol. The molecular formula is C23H17Cl2NO5S. The van der Waals surface area contributed by atoms with Crippen molar-refractivity contribution in [2.24, 2.45) is 0 Å². The number of ether oxygens (including phenoxy) is 2. The van der Waals surface area contributed by atoms with Gasteiger partial charge in [0.25, 0.3) is 11.1 Å². The fourth-order valence-electron chi connectivity index (χ4n) is 3.08. The minimum Gasteiger partial charge on any atom is -0.493 e. The first kappa shape index (κ1) is 22.3. The first-order chi connectivity index (χ1) is 15.5. The van der Waals surface area contributed by atoms with Crippen LogP contribution >= 0.6 is 35.0 Å². The maximum Gasteiger partial charge on any atom is 0.293 e. The first-order valence-electron chi connectivity index (χ1n) is 9.53. The van der Waals surface area contributed by atoms with E-state index in [1.807, 2.05) is 12.1 Å². The van der Waals surface area contributed by atoms with Gasteiger partial charge in [0.1, 0.15) is 18.1 Å². The molecule has 1 aliphatic heterocycles. The second-order valence-corrected chi connectivity index (χ2v) is 8.41. The lowest BCUT2D eigenvalue weighted by Gasteiger charge is -2.14. The summed E-state index contributed by atoms with van der Waals surface area (Å²) in [5.74, 6) is 1.65. The molecule has 2 aromatic carbocycles. The Bertz CT molecular complexity index is 1210. The molecule has 0 N–H and O–H groups in total. The second kappa shape index (κ2) is 9.73. The third kappa shape index (κ3) is 4.65. The van der Waals surface area contributed by atoms with Crippen LogP contribution in [0.25, 0.3) is 17.4 Å². The smallest absolute Gasteiger partial charge is 0.293 e. The van der Waals surface area contributed by atoms with Crippen LogP contribution in [0, 0.1) is 0 Å². The van der Waals surface area contributed by atoms with Gasteiger partial charge in [-0.1, -0.05) is 41.4 Å². The maximum absolute atomic E-state index is 12.7. The minimum atomic E-state index is -0.401. The highest BCUT2D eigenvalue weighted by Gasteiger charge is 2.35. The van der Waals surface area contributed by atoms with E-state index in [4.69, 9.17) is 37.1 Å². The molecule has 0 bridgehead atoms. The molecular weight excluding hydrogens is 473 g/mol. The molecule has 1 fully saturated rings. The van der Waals surface area contributed by atoms with E-state index in [0.29, 0.717) is 38.6 Å². The van der Waals surface area contributed by atoms with Gasteiger partial charge in [-0.25, -0.2) is 0 Å². The van der Waals surface area contributed by atoms with E-state index in [1.165, 1.54) is 6.08 Å². The number of rotatable bonds is 7. The van der Waals surface area contributed by atoms with Crippen LogP contribution in [0.1, 0.15) is 5.76 Å². The van der Waals surface area contributed by atoms with Crippen molar-refractivity contribution in [2.75, 3.05) is 20.3 Å². The minimum absolute atomic E-state index is 0.113. The zero-order valence-electron chi connectivity index (χ0n) is 16.8. The van der Waals surface area contributed by atoms with E-state index >= 15 is 0 Å². The van der Waals surface area contributed by atoms with Crippen molar-refractivity contribution in [3.05, 3.63) is 75.3 Å². The van der Waals surface area contributed by atoms with Crippen LogP contribution in [0.3, 0.4) is 0 Å². The topological polar surface area (TPSA) is 69.0 Å². The Morgan fingerprint density at radius 2 is 1.81 bits per heavy atom. The summed E-state index contributed by atoms with van der Waals surface area (Å²) in [6.45, 7) is 0.255. The number of hydrogen-bond donors (Lipinski definition) is 0. The monoisotopic (exact) mass is 489 g/mol. The number of methoxy groups -OCH3 is 1. The van der Waals surface area contributed by atoms with E-state index in [9.17, 15) is 9.59 Å². The maximum atomic E-state index is 12.7. The van der Waals surface area contributed by atoms with Crippen molar-refractivity contribution < 1.29 is 23.5 Å². The van der Waals surface area contributed by atoms with E-state index in [-0.39, 0.29) is 23.3 Å². The molecule has 0 spiro atoms. The number of furan rings is 1. The van der Waals surface area contributed by atoms with Crippen molar-refractivity contribution in [3.8, 4) is 22.8 Å². The number of hydrogen-bond acceptors (Lipinski definition) is 6. The predicted octanol–water partition coefficient (Wildman–Crippen LogP) is 6.38. The summed E-state index contributed by atoms with van der Waals surface area (Å²) in [5, 5.41) is 0.429. The van der Waals surface area contributed by atoms with Crippen molar-refractivity contribution in [1.82, 2.24) is 4.90 Å². The molecule has 2 heterocycles. The Morgan fingerprint density at radius 1 is 1.03 bits per heavy atom. The molecule has 0 aliphatic carbocycles. The molecule has 2 amide bonds. The van der Waals surface area contributed by atoms with Crippen LogP contribution in [0.4, 0.5) is 4.79 Å². The molecule has 6 nitrogen and oxygen atoms in total. The van der Waals surface area contributed by atoms with Crippen LogP contribution in [-0.2, 0) is 4.79 Å². The highest BCUT2D eigenvalue weighted by Crippen LogP contribution is 2.36. The molecule has 1 aliphatic rings. The zero-order chi connectivity index (χ0) is 22.7. The lowest BCUT2D eigenvalue weighted by atomic mass is 10.2. The summed E-state index contributed by atoms with van der Waals surface area (Å²) in [4.78, 5) is 26.5. The van der Waals surface area contributed by atoms with Gasteiger partial charge in [-0.15, -0.1) is 0 Å². The molecule has 4 rings (SSSR count). The molecule has 32 heavy (non-hydrogen) atoms. The molecule has 3 aromatic rings. The SMILES string of the molecule is COc1ccccc1OCCN1C(=O)S/C(=C\c2ccc(-c3cccc(Cl)c3Cl)o2)C1=O. The van der Waals surface area contributed by atoms with Crippen molar-refractivity contribution >= 4 is 52.2 Å². The number of halogens is 2. The van der Waals surface area contributed by atoms with E-state index in [1.54, 1.807) is 49.6 Å². The van der Waals surface area contributed by atoms with Gasteiger partial charge in [0.05, 0.1) is 28.6 Å². The van der Waals surface area contributed by atoms with Crippen molar-refractivity contribution in [1.29, 1.82) is 0 Å². The summed E-state index contributed by atoms with van der Waals surface area (Å²) in [5.41, 5.74) is 0.639. The highest BCUT2D eigenvalue weighted by atomic mass is 35.5. The summed E-state index contributed by atoms with van der Waals surface area (Å²) in [6, 6.07) is 15.8. The highest BCUT2D eigenvalue weighted by molar-refractivity contribution is 8.18. The van der Waals surface area contributed by atoms with Crippen molar-refractivity contribution in [2.45, 2.75) is 0 Å². The van der Waals surface area contributed by atoms with Crippen LogP contribution in [0.2, 0.25) is 10.0 Å². The molecule has 0 unspecified atom stereocenters. The average molecular weight is 490 g/mol. The fraction of sp³-hybridized carbons (Fsp3) is 0.130. The number of nitrogens with zero attached hydrogens (tertiary/aromatic N) is 1. The number of amides is 2. The summed E-state index contributed by atoms with van der Waals surface area (Å²) in [7, 11) is 1.55. The quantitative estimate of drug-likeness (QED) is 0.358. The van der Waals surface area contributed by atoms with E-state index in [0.717, 1.165) is 16.7 Å². The number of thioether (sulfide) groups is 1. The third-order valence-corrected chi connectivity index (χ3v) is 6.36. The lowest BCUT2D eigenvalue weighted by Crippen LogP contribution is -2.32. The van der Waals surface area contributed by atoms with Gasteiger partial charge in [-0.2, -0.15) is 0 Å². The Labute approximate surface area is 198 Å². The van der Waals surface area contributed by atoms with Crippen LogP contribution in [0.15, 0.2) is 63.9 Å². The van der Waals surface area contributed by atoms with E-state index < -0.39 is 5.91 Å². The molecule has 0 atom stereocenters. The molecule has 1 saturated heterocycles. The Hall–Kier alpha value is -2.87. The van der Waals surface area contributed by atoms with Crippen LogP contribution in [-0.4, -0.2) is 36.3 Å². The van der Waals surface area contributed by atoms with Gasteiger partial charge in [0, 0.05) is 11.6 Å². The standard InChI is InChI=1S/C23H17Cl2NO5S/c1-29-18-7-2-3-8-19(18)30-12-11-26-22(27)20(32-23(26)28)13-14-9-10-17(31-14)15-5-4-6-16(24)21(15)25/h2-10,13H,11-12H2,1H3/b20-13-. The Kier molecular flexibility index (Phi) is 6.79. The lowest BCUT2D eigenvalue weighted by molar-refractivity contribution is -0.123. The summed E-state index contributed by atoms with van der Waals surface area (Å²) >= 11 is 13.2. The van der Waals surface area contributed by atoms with Crippen molar-refractivity contribution in [3.63, 3.8) is 0 Å². The van der Waals surface area contributed by atoms with Gasteiger partial charge in [0.2, 0.25) is 0 Å². The first-order valence-corrected chi connectivity index (χ1v) is 11.1. The van der Waals surface area contributed by atoms with Gasteiger partial charge in [0.15, 0.2) is 11.5 Å². The summed E-state index contributed by atoms with van der Waals surface area (Å²) in [6.07, 6.45) is 1.54. The molecule has 9 heteroatoms. The molecule has 0 saturated carbocycles. The Balaban J connectivity index is 1.44. The number of imide groups is 1. The Morgan fingerprint density at radius 3 is 2.59 bits per heavy atom. The largest absolute Gasteiger partial charge is 0.493 e. The summed E-state index contributed by atoms with van der Waals surface area (Å²) < 4.78 is 16.7. The second-order valence-electron chi connectivity index (χ2n) is 6.64. The number of carbonyl (C=O) groups is 2. The molecule has 164 valence electrons. The van der Waals surface area contributed by atoms with E-state index in [2.05, 4.69) is 0 Å². The van der Waals surface area contributed by atoms with Gasteiger partial charge in [-0.3, -0.25) is 14.5 Å². The normalized spacial score (nSPS) is 15.0. The number of benzene rings is 2. The average Bonchev–Trinajstić information content (AvgIpc) is 3.35. The zero-order valence-corrected chi connectivity index (χ0v) is 19.2. The third-order valence-electron chi connectivity index (χ3n) is 4.63. The van der Waals surface area contributed by atoms with Crippen LogP contribution < -0.4 is 9.47 Å². The van der Waals surface area contributed by atoms with Gasteiger partial charge in [-0.05, 0) is 48.2 Å². The molecule has 0 radical (unpaired) electrons.